The van der Waals surface area contributed by atoms with Gasteiger partial charge in [-0.1, -0.05) is 5.16 Å². The van der Waals surface area contributed by atoms with Gasteiger partial charge >= 0.3 is 0 Å². The van der Waals surface area contributed by atoms with E-state index < -0.39 is 11.5 Å². The number of aromatic nitrogens is 1. The highest BCUT2D eigenvalue weighted by Gasteiger charge is 2.40. The maximum absolute atomic E-state index is 12.1. The Bertz CT molecular complexity index is 680. The Balaban J connectivity index is 2.05. The van der Waals surface area contributed by atoms with Crippen LogP contribution in [0.4, 0.5) is 0 Å². The molecule has 1 saturated heterocycles. The summed E-state index contributed by atoms with van der Waals surface area (Å²) in [6, 6.07) is 0. The van der Waals surface area contributed by atoms with E-state index in [2.05, 4.69) is 20.7 Å². The molecule has 0 aliphatic carbocycles. The van der Waals surface area contributed by atoms with Crippen LogP contribution in [0.25, 0.3) is 5.70 Å². The van der Waals surface area contributed by atoms with Crippen molar-refractivity contribution < 1.29 is 14.4 Å². The topological polar surface area (TPSA) is 114 Å². The normalized spacial score (nSPS) is 28.7. The number of amides is 1. The summed E-state index contributed by atoms with van der Waals surface area (Å²) in [6.45, 7) is 1.51. The van der Waals surface area contributed by atoms with Crippen LogP contribution in [0.3, 0.4) is 0 Å². The molecule has 1 aromatic rings. The summed E-state index contributed by atoms with van der Waals surface area (Å²) in [4.78, 5) is 14.2. The molecule has 8 heteroatoms. The SMILES string of the molecule is CNC(=O)C1(O)CN/C(=C2/CN(C)CCC2=N)c2nocc2C1. The van der Waals surface area contributed by atoms with Crippen molar-refractivity contribution in [2.75, 3.05) is 33.7 Å². The molecule has 0 spiro atoms. The molecule has 3 rings (SSSR count). The number of nitrogens with one attached hydrogen (secondary N) is 3. The quantitative estimate of drug-likeness (QED) is 0.548. The van der Waals surface area contributed by atoms with Crippen molar-refractivity contribution in [3.8, 4) is 0 Å². The lowest BCUT2D eigenvalue weighted by atomic mass is 9.94. The number of nitrogens with zero attached hydrogens (tertiary/aromatic N) is 2. The van der Waals surface area contributed by atoms with Crippen LogP contribution < -0.4 is 10.6 Å². The predicted molar refractivity (Wildman–Crippen MR) is 84.0 cm³/mol. The second-order valence-corrected chi connectivity index (χ2v) is 6.15. The molecule has 1 unspecified atom stereocenters. The van der Waals surface area contributed by atoms with E-state index in [9.17, 15) is 9.90 Å². The Labute approximate surface area is 134 Å². The van der Waals surface area contributed by atoms with E-state index in [0.29, 0.717) is 35.6 Å². The van der Waals surface area contributed by atoms with Gasteiger partial charge in [-0.2, -0.15) is 0 Å². The van der Waals surface area contributed by atoms with E-state index in [1.54, 1.807) is 0 Å². The largest absolute Gasteiger partial charge is 0.379 e. The molecular formula is C15H21N5O3. The first-order valence-electron chi connectivity index (χ1n) is 7.56. The molecule has 23 heavy (non-hydrogen) atoms. The van der Waals surface area contributed by atoms with Crippen molar-refractivity contribution in [2.24, 2.45) is 0 Å². The summed E-state index contributed by atoms with van der Waals surface area (Å²) in [5.41, 5.74) is 1.69. The highest BCUT2D eigenvalue weighted by molar-refractivity contribution is 6.05. The number of carbonyl (C=O) groups is 1. The van der Waals surface area contributed by atoms with Gasteiger partial charge in [0.25, 0.3) is 5.91 Å². The average Bonchev–Trinajstić information content (AvgIpc) is 2.92. The molecule has 1 aromatic heterocycles. The molecule has 4 N–H and O–H groups in total. The number of likely N-dealkylation sites (N-methyl/N-ethyl adjacent to an activating group) is 2. The van der Waals surface area contributed by atoms with Crippen LogP contribution in [0, 0.1) is 5.41 Å². The van der Waals surface area contributed by atoms with E-state index in [1.165, 1.54) is 13.3 Å². The molecule has 1 fully saturated rings. The summed E-state index contributed by atoms with van der Waals surface area (Å²) in [5, 5.41) is 28.6. The molecule has 2 aliphatic heterocycles. The molecule has 1 amide bonds. The third-order valence-electron chi connectivity index (χ3n) is 4.41. The van der Waals surface area contributed by atoms with E-state index >= 15 is 0 Å². The zero-order chi connectivity index (χ0) is 16.6. The van der Waals surface area contributed by atoms with E-state index in [1.807, 2.05) is 7.05 Å². The number of carbonyl (C=O) groups excluding carboxylic acids is 1. The number of aliphatic hydroxyl groups is 1. The minimum Gasteiger partial charge on any atom is -0.379 e. The zero-order valence-corrected chi connectivity index (χ0v) is 13.3. The van der Waals surface area contributed by atoms with Gasteiger partial charge in [0.2, 0.25) is 0 Å². The van der Waals surface area contributed by atoms with Crippen LogP contribution in [-0.2, 0) is 11.2 Å². The maximum Gasteiger partial charge on any atom is 0.253 e. The summed E-state index contributed by atoms with van der Waals surface area (Å²) < 4.78 is 5.06. The number of β-amino-alcohol motifs (C(OH)–C–C–N with tert-alkyl or cyclic N) is 1. The molecule has 1 atom stereocenters. The molecular weight excluding hydrogens is 298 g/mol. The molecule has 124 valence electrons. The van der Waals surface area contributed by atoms with Crippen molar-refractivity contribution >= 4 is 17.3 Å². The van der Waals surface area contributed by atoms with Crippen LogP contribution >= 0.6 is 0 Å². The number of hydrogen-bond donors (Lipinski definition) is 4. The molecule has 2 aliphatic rings. The fourth-order valence-electron chi connectivity index (χ4n) is 3.06. The highest BCUT2D eigenvalue weighted by Crippen LogP contribution is 2.29. The first kappa shape index (κ1) is 15.7. The van der Waals surface area contributed by atoms with E-state index in [0.717, 1.165) is 12.1 Å². The molecule has 0 saturated carbocycles. The second-order valence-electron chi connectivity index (χ2n) is 6.15. The minimum absolute atomic E-state index is 0.0544. The Kier molecular flexibility index (Phi) is 3.95. The Hall–Kier alpha value is -2.19. The standard InChI is InChI=1S/C15H21N5O3/c1-17-14(21)15(22)5-9-7-23-19-12(9)13(18-8-15)10-6-20(2)4-3-11(10)16/h7,16,18,22H,3-6,8H2,1-2H3,(H,17,21)/b13-10-,16-11?. The van der Waals surface area contributed by atoms with Gasteiger partial charge in [-0.15, -0.1) is 0 Å². The van der Waals surface area contributed by atoms with Gasteiger partial charge in [0.15, 0.2) is 5.60 Å². The first-order chi connectivity index (χ1) is 10.9. The Morgan fingerprint density at radius 2 is 2.39 bits per heavy atom. The average molecular weight is 319 g/mol. The van der Waals surface area contributed by atoms with Gasteiger partial charge < -0.3 is 30.6 Å². The fourth-order valence-corrected chi connectivity index (χ4v) is 3.06. The van der Waals surface area contributed by atoms with Gasteiger partial charge in [-0.3, -0.25) is 4.79 Å². The third-order valence-corrected chi connectivity index (χ3v) is 4.41. The smallest absolute Gasteiger partial charge is 0.253 e. The van der Waals surface area contributed by atoms with Crippen molar-refractivity contribution in [3.63, 3.8) is 0 Å². The molecule has 8 nitrogen and oxygen atoms in total. The van der Waals surface area contributed by atoms with Crippen LogP contribution in [0.5, 0.6) is 0 Å². The van der Waals surface area contributed by atoms with Gasteiger partial charge in [0, 0.05) is 49.8 Å². The van der Waals surface area contributed by atoms with Crippen LogP contribution in [-0.4, -0.2) is 66.1 Å². The van der Waals surface area contributed by atoms with Crippen molar-refractivity contribution in [1.29, 1.82) is 5.41 Å². The summed E-state index contributed by atoms with van der Waals surface area (Å²) in [5.74, 6) is -0.459. The number of piperidine rings is 1. The van der Waals surface area contributed by atoms with E-state index in [4.69, 9.17) is 9.93 Å². The van der Waals surface area contributed by atoms with Gasteiger partial charge in [-0.25, -0.2) is 0 Å². The second kappa shape index (κ2) is 5.78. The lowest BCUT2D eigenvalue weighted by Gasteiger charge is -2.28. The van der Waals surface area contributed by atoms with Gasteiger partial charge in [0.1, 0.15) is 12.0 Å². The molecule has 0 radical (unpaired) electrons. The monoisotopic (exact) mass is 319 g/mol. The highest BCUT2D eigenvalue weighted by atomic mass is 16.5. The Morgan fingerprint density at radius 3 is 3.13 bits per heavy atom. The third kappa shape index (κ3) is 2.75. The lowest BCUT2D eigenvalue weighted by Crippen LogP contribution is -2.52. The summed E-state index contributed by atoms with van der Waals surface area (Å²) >= 11 is 0. The lowest BCUT2D eigenvalue weighted by molar-refractivity contribution is -0.138. The van der Waals surface area contributed by atoms with Gasteiger partial charge in [-0.05, 0) is 7.05 Å². The molecule has 0 bridgehead atoms. The van der Waals surface area contributed by atoms with Crippen LogP contribution in [0.2, 0.25) is 0 Å². The van der Waals surface area contributed by atoms with Gasteiger partial charge in [0.05, 0.1) is 12.2 Å². The zero-order valence-electron chi connectivity index (χ0n) is 13.3. The van der Waals surface area contributed by atoms with E-state index in [-0.39, 0.29) is 13.0 Å². The number of fused-ring (bicyclic) bond motifs is 1. The summed E-state index contributed by atoms with van der Waals surface area (Å²) in [6.07, 6.45) is 2.22. The minimum atomic E-state index is -1.58. The van der Waals surface area contributed by atoms with Crippen LogP contribution in [0.1, 0.15) is 17.7 Å². The number of hydrogen-bond acceptors (Lipinski definition) is 7. The van der Waals surface area contributed by atoms with Crippen molar-refractivity contribution in [2.45, 2.75) is 18.4 Å². The fraction of sp³-hybridized carbons (Fsp3) is 0.533. The molecule has 3 heterocycles. The first-order valence-corrected chi connectivity index (χ1v) is 7.56. The molecule has 0 aromatic carbocycles. The number of rotatable bonds is 1. The number of likely N-dealkylation sites (tertiary alicyclic amines) is 1. The van der Waals surface area contributed by atoms with Crippen molar-refractivity contribution in [3.05, 3.63) is 23.1 Å². The Morgan fingerprint density at radius 1 is 1.61 bits per heavy atom. The maximum atomic E-state index is 12.1. The van der Waals surface area contributed by atoms with Crippen molar-refractivity contribution in [1.82, 2.24) is 20.7 Å². The van der Waals surface area contributed by atoms with Crippen LogP contribution in [0.15, 0.2) is 16.4 Å². The summed E-state index contributed by atoms with van der Waals surface area (Å²) in [7, 11) is 3.49. The predicted octanol–water partition coefficient (Wildman–Crippen LogP) is -0.636.